The molecular weight excluding hydrogens is 431 g/mol. The summed E-state index contributed by atoms with van der Waals surface area (Å²) in [6, 6.07) is 12.4. The van der Waals surface area contributed by atoms with Crippen LogP contribution in [0, 0.1) is 0 Å². The van der Waals surface area contributed by atoms with Crippen LogP contribution in [-0.2, 0) is 6.54 Å². The number of thioether (sulfide) groups is 1. The Labute approximate surface area is 183 Å². The third kappa shape index (κ3) is 5.04. The van der Waals surface area contributed by atoms with Crippen LogP contribution in [0.5, 0.6) is 5.75 Å². The summed E-state index contributed by atoms with van der Waals surface area (Å²) in [4.78, 5) is 12.6. The number of nitrogens with one attached hydrogen (secondary N) is 1. The Morgan fingerprint density at radius 3 is 2.76 bits per heavy atom. The fourth-order valence-corrected chi connectivity index (χ4v) is 3.88. The van der Waals surface area contributed by atoms with Gasteiger partial charge < -0.3 is 10.1 Å². The number of carbonyl (C=O) groups excluding carboxylic acids is 1. The van der Waals surface area contributed by atoms with Crippen molar-refractivity contribution in [3.8, 4) is 11.4 Å². The number of para-hydroxylation sites is 2. The van der Waals surface area contributed by atoms with Gasteiger partial charge >= 0.3 is 0 Å². The molecule has 3 aromatic rings. The molecule has 152 valence electrons. The summed E-state index contributed by atoms with van der Waals surface area (Å²) >= 11 is 13.7. The Morgan fingerprint density at radius 1 is 1.21 bits per heavy atom. The topological polar surface area (TPSA) is 69.0 Å². The summed E-state index contributed by atoms with van der Waals surface area (Å²) in [6.07, 6.45) is 1.00. The maximum atomic E-state index is 12.6. The summed E-state index contributed by atoms with van der Waals surface area (Å²) in [6.45, 7) is 2.27. The number of aromatic nitrogens is 3. The number of benzene rings is 2. The largest absolute Gasteiger partial charge is 0.495 e. The second kappa shape index (κ2) is 10.0. The van der Waals surface area contributed by atoms with Crippen LogP contribution in [0.15, 0.2) is 47.6 Å². The Morgan fingerprint density at radius 2 is 2.00 bits per heavy atom. The molecule has 1 N–H and O–H groups in total. The minimum absolute atomic E-state index is 0.166. The summed E-state index contributed by atoms with van der Waals surface area (Å²) in [5.74, 6) is 1.84. The van der Waals surface area contributed by atoms with Crippen molar-refractivity contribution >= 4 is 40.9 Å². The van der Waals surface area contributed by atoms with E-state index in [1.54, 1.807) is 31.0 Å². The maximum Gasteiger partial charge on any atom is 0.253 e. The average Bonchev–Trinajstić information content (AvgIpc) is 3.14. The monoisotopic (exact) mass is 450 g/mol. The lowest BCUT2D eigenvalue weighted by atomic mass is 10.2. The molecule has 6 nitrogen and oxygen atoms in total. The van der Waals surface area contributed by atoms with Crippen LogP contribution in [0.2, 0.25) is 10.0 Å². The van der Waals surface area contributed by atoms with E-state index in [2.05, 4.69) is 22.4 Å². The van der Waals surface area contributed by atoms with Gasteiger partial charge in [0, 0.05) is 10.8 Å². The van der Waals surface area contributed by atoms with E-state index in [1.807, 2.05) is 28.8 Å². The zero-order chi connectivity index (χ0) is 20.8. The minimum Gasteiger partial charge on any atom is -0.495 e. The van der Waals surface area contributed by atoms with Crippen molar-refractivity contribution in [3.63, 3.8) is 0 Å². The van der Waals surface area contributed by atoms with Crippen LogP contribution >= 0.6 is 35.0 Å². The first-order valence-corrected chi connectivity index (χ1v) is 10.7. The van der Waals surface area contributed by atoms with Crippen molar-refractivity contribution in [1.82, 2.24) is 20.1 Å². The molecule has 0 unspecified atom stereocenters. The zero-order valence-corrected chi connectivity index (χ0v) is 18.3. The van der Waals surface area contributed by atoms with E-state index in [0.717, 1.165) is 23.0 Å². The van der Waals surface area contributed by atoms with Crippen molar-refractivity contribution in [2.45, 2.75) is 25.0 Å². The van der Waals surface area contributed by atoms with E-state index in [1.165, 1.54) is 6.07 Å². The lowest BCUT2D eigenvalue weighted by Crippen LogP contribution is -2.25. The highest BCUT2D eigenvalue weighted by Gasteiger charge is 2.19. The number of halogens is 2. The summed E-state index contributed by atoms with van der Waals surface area (Å²) in [5, 5.41) is 13.0. The Balaban J connectivity index is 1.90. The van der Waals surface area contributed by atoms with E-state index in [0.29, 0.717) is 27.2 Å². The van der Waals surface area contributed by atoms with Gasteiger partial charge in [0.2, 0.25) is 0 Å². The Hall–Kier alpha value is -2.22. The third-order valence-electron chi connectivity index (χ3n) is 4.04. The average molecular weight is 451 g/mol. The smallest absolute Gasteiger partial charge is 0.253 e. The Kier molecular flexibility index (Phi) is 7.41. The molecule has 0 fully saturated rings. The van der Waals surface area contributed by atoms with E-state index >= 15 is 0 Å². The van der Waals surface area contributed by atoms with Crippen LogP contribution < -0.4 is 10.1 Å². The third-order valence-corrected chi connectivity index (χ3v) is 5.74. The van der Waals surface area contributed by atoms with Gasteiger partial charge in [-0.1, -0.05) is 54.0 Å². The van der Waals surface area contributed by atoms with Gasteiger partial charge in [0.25, 0.3) is 5.91 Å². The number of carbonyl (C=O) groups is 1. The molecule has 0 radical (unpaired) electrons. The van der Waals surface area contributed by atoms with Crippen LogP contribution in [0.1, 0.15) is 29.5 Å². The standard InChI is InChI=1S/C20H20Cl2N4O2S/c1-3-10-29-20-25-24-18(26(20)16-6-4-5-7-17(16)28-2)12-23-19(27)14-11-13(21)8-9-15(14)22/h4-9,11H,3,10,12H2,1-2H3,(H,23,27). The van der Waals surface area contributed by atoms with Crippen LogP contribution in [0.25, 0.3) is 5.69 Å². The highest BCUT2D eigenvalue weighted by molar-refractivity contribution is 7.99. The molecule has 2 aromatic carbocycles. The zero-order valence-electron chi connectivity index (χ0n) is 16.0. The minimum atomic E-state index is -0.338. The number of nitrogens with zero attached hydrogens (tertiary/aromatic N) is 3. The predicted octanol–water partition coefficient (Wildman–Crippen LogP) is 5.01. The quantitative estimate of drug-likeness (QED) is 0.488. The molecule has 1 aromatic heterocycles. The van der Waals surface area contributed by atoms with E-state index in [4.69, 9.17) is 27.9 Å². The molecule has 9 heteroatoms. The summed E-state index contributed by atoms with van der Waals surface area (Å²) in [5.41, 5.74) is 1.12. The number of amides is 1. The van der Waals surface area contributed by atoms with Gasteiger partial charge in [-0.15, -0.1) is 10.2 Å². The first kappa shape index (κ1) is 21.5. The van der Waals surface area contributed by atoms with Gasteiger partial charge in [-0.2, -0.15) is 0 Å². The number of methoxy groups -OCH3 is 1. The van der Waals surface area contributed by atoms with Crippen molar-refractivity contribution < 1.29 is 9.53 Å². The van der Waals surface area contributed by atoms with Gasteiger partial charge in [-0.05, 0) is 36.8 Å². The first-order valence-electron chi connectivity index (χ1n) is 8.98. The molecule has 0 spiro atoms. The van der Waals surface area contributed by atoms with Gasteiger partial charge in [0.05, 0.1) is 29.9 Å². The van der Waals surface area contributed by atoms with Gasteiger partial charge in [0.1, 0.15) is 5.75 Å². The second-order valence-corrected chi connectivity index (χ2v) is 7.97. The lowest BCUT2D eigenvalue weighted by Gasteiger charge is -2.14. The predicted molar refractivity (Wildman–Crippen MR) is 117 cm³/mol. The molecule has 0 aliphatic heterocycles. The fourth-order valence-electron chi connectivity index (χ4n) is 2.68. The molecule has 1 heterocycles. The van der Waals surface area contributed by atoms with Crippen molar-refractivity contribution in [2.24, 2.45) is 0 Å². The highest BCUT2D eigenvalue weighted by atomic mass is 35.5. The Bertz CT molecular complexity index is 1010. The van der Waals surface area contributed by atoms with Crippen molar-refractivity contribution in [1.29, 1.82) is 0 Å². The van der Waals surface area contributed by atoms with Crippen molar-refractivity contribution in [3.05, 3.63) is 63.9 Å². The molecule has 0 atom stereocenters. The van der Waals surface area contributed by atoms with Crippen LogP contribution in [-0.4, -0.2) is 33.5 Å². The second-order valence-electron chi connectivity index (χ2n) is 6.06. The molecule has 29 heavy (non-hydrogen) atoms. The molecule has 1 amide bonds. The summed E-state index contributed by atoms with van der Waals surface area (Å²) < 4.78 is 7.40. The summed E-state index contributed by atoms with van der Waals surface area (Å²) in [7, 11) is 1.62. The lowest BCUT2D eigenvalue weighted by molar-refractivity contribution is 0.0950. The van der Waals surface area contributed by atoms with E-state index in [-0.39, 0.29) is 12.5 Å². The first-order chi connectivity index (χ1) is 14.0. The molecule has 0 aliphatic carbocycles. The molecular formula is C20H20Cl2N4O2S. The molecule has 0 saturated heterocycles. The van der Waals surface area contributed by atoms with Gasteiger partial charge in [-0.25, -0.2) is 0 Å². The van der Waals surface area contributed by atoms with Gasteiger partial charge in [0.15, 0.2) is 11.0 Å². The number of hydrogen-bond acceptors (Lipinski definition) is 5. The number of rotatable bonds is 8. The fraction of sp³-hybridized carbons (Fsp3) is 0.250. The molecule has 0 aliphatic rings. The maximum absolute atomic E-state index is 12.6. The normalized spacial score (nSPS) is 10.8. The number of ether oxygens (including phenoxy) is 1. The van der Waals surface area contributed by atoms with Gasteiger partial charge in [-0.3, -0.25) is 9.36 Å². The van der Waals surface area contributed by atoms with Crippen molar-refractivity contribution in [2.75, 3.05) is 12.9 Å². The number of hydrogen-bond donors (Lipinski definition) is 1. The molecule has 0 bridgehead atoms. The van der Waals surface area contributed by atoms with E-state index in [9.17, 15) is 4.79 Å². The SMILES string of the molecule is CCCSc1nnc(CNC(=O)c2cc(Cl)ccc2Cl)n1-c1ccccc1OC. The van der Waals surface area contributed by atoms with Crippen LogP contribution in [0.4, 0.5) is 0 Å². The molecule has 3 rings (SSSR count). The van der Waals surface area contributed by atoms with Crippen LogP contribution in [0.3, 0.4) is 0 Å². The highest BCUT2D eigenvalue weighted by Crippen LogP contribution is 2.29. The molecule has 0 saturated carbocycles. The van der Waals surface area contributed by atoms with E-state index < -0.39 is 0 Å².